The molecule has 0 aliphatic carbocycles. The third kappa shape index (κ3) is 4.26. The van der Waals surface area contributed by atoms with Crippen molar-refractivity contribution >= 4 is 45.1 Å². The number of nitrogens with one attached hydrogen (secondary N) is 1. The largest absolute Gasteiger partial charge is 0.592 e. The molecule has 0 saturated heterocycles. The molecular weight excluding hydrogens is 400 g/mol. The molecule has 7 heteroatoms. The third-order valence-corrected chi connectivity index (χ3v) is 6.73. The number of hydrogen-bond donors (Lipinski definition) is 1. The van der Waals surface area contributed by atoms with Crippen molar-refractivity contribution in [1.82, 2.24) is 9.71 Å². The van der Waals surface area contributed by atoms with Gasteiger partial charge in [-0.15, -0.1) is 4.72 Å². The number of thiophene rings is 1. The van der Waals surface area contributed by atoms with Crippen LogP contribution in [0.5, 0.6) is 10.8 Å². The summed E-state index contributed by atoms with van der Waals surface area (Å²) in [5.74, 6) is 0.585. The van der Waals surface area contributed by atoms with Crippen molar-refractivity contribution in [2.24, 2.45) is 0 Å². The van der Waals surface area contributed by atoms with Crippen LogP contribution in [0.1, 0.15) is 5.56 Å². The summed E-state index contributed by atoms with van der Waals surface area (Å²) in [7, 11) is 0. The lowest BCUT2D eigenvalue weighted by molar-refractivity contribution is 0.494. The van der Waals surface area contributed by atoms with Crippen molar-refractivity contribution in [3.05, 3.63) is 83.6 Å². The van der Waals surface area contributed by atoms with Gasteiger partial charge in [0.05, 0.1) is 29.1 Å². The molecule has 0 spiro atoms. The zero-order valence-electron chi connectivity index (χ0n) is 14.1. The van der Waals surface area contributed by atoms with E-state index in [1.807, 2.05) is 24.3 Å². The van der Waals surface area contributed by atoms with Crippen LogP contribution < -0.4 is 9.46 Å². The summed E-state index contributed by atoms with van der Waals surface area (Å²) >= 11 is 6.11. The number of pyridine rings is 1. The number of halogens is 1. The molecule has 2 heterocycles. The van der Waals surface area contributed by atoms with Gasteiger partial charge in [-0.25, -0.2) is 0 Å². The topological polar surface area (TPSA) is 57.2 Å². The van der Waals surface area contributed by atoms with Crippen LogP contribution in [0.4, 0.5) is 0 Å². The van der Waals surface area contributed by atoms with Gasteiger partial charge in [-0.2, -0.15) is 0 Å². The van der Waals surface area contributed by atoms with Crippen LogP contribution in [0.3, 0.4) is 0 Å². The van der Waals surface area contributed by atoms with Gasteiger partial charge in [0.15, 0.2) is 0 Å². The fourth-order valence-electron chi connectivity index (χ4n) is 2.67. The summed E-state index contributed by atoms with van der Waals surface area (Å²) in [6.45, 7) is 0.488. The number of ether oxygens (including phenoxy) is 1. The van der Waals surface area contributed by atoms with Gasteiger partial charge >= 0.3 is 0 Å². The maximum absolute atomic E-state index is 12.7. The van der Waals surface area contributed by atoms with Crippen LogP contribution in [-0.2, 0) is 17.9 Å². The quantitative estimate of drug-likeness (QED) is 0.420. The predicted octanol–water partition coefficient (Wildman–Crippen LogP) is 5.55. The summed E-state index contributed by atoms with van der Waals surface area (Å²) < 4.78 is 22.1. The van der Waals surface area contributed by atoms with Crippen molar-refractivity contribution in [1.29, 1.82) is 0 Å². The van der Waals surface area contributed by atoms with Gasteiger partial charge in [0.25, 0.3) is 0 Å². The zero-order valence-corrected chi connectivity index (χ0v) is 16.5. The van der Waals surface area contributed by atoms with Crippen molar-refractivity contribution in [3.63, 3.8) is 0 Å². The minimum atomic E-state index is -1.39. The lowest BCUT2D eigenvalue weighted by atomic mass is 10.1. The molecule has 0 saturated carbocycles. The standard InChI is InChI=1S/C20H15ClN2O2S2/c21-18-11-19(26-20(18)25-16-8-4-10-22-13-16)27(24)23-12-15-7-3-6-14-5-1-2-9-17(14)15/h1-11,13,23H,12H2. The smallest absolute Gasteiger partial charge is 0.232 e. The molecule has 4 nitrogen and oxygen atoms in total. The molecule has 4 aromatic rings. The van der Waals surface area contributed by atoms with E-state index in [1.54, 1.807) is 30.6 Å². The van der Waals surface area contributed by atoms with E-state index in [9.17, 15) is 4.55 Å². The molecular formula is C20H15ClN2O2S2. The molecule has 0 amide bonds. The van der Waals surface area contributed by atoms with Gasteiger partial charge in [-0.3, -0.25) is 4.98 Å². The lowest BCUT2D eigenvalue weighted by Crippen LogP contribution is -2.22. The molecule has 27 heavy (non-hydrogen) atoms. The number of rotatable bonds is 6. The maximum Gasteiger partial charge on any atom is 0.232 e. The van der Waals surface area contributed by atoms with Crippen LogP contribution in [0.2, 0.25) is 5.02 Å². The molecule has 0 fully saturated rings. The average Bonchev–Trinajstić information content (AvgIpc) is 3.07. The van der Waals surface area contributed by atoms with Crippen LogP contribution in [0.15, 0.2) is 77.3 Å². The molecule has 0 radical (unpaired) electrons. The minimum Gasteiger partial charge on any atom is -0.592 e. The predicted molar refractivity (Wildman–Crippen MR) is 111 cm³/mol. The average molecular weight is 415 g/mol. The molecule has 2 aromatic heterocycles. The van der Waals surface area contributed by atoms with E-state index < -0.39 is 11.4 Å². The Bertz CT molecular complexity index is 1050. The Morgan fingerprint density at radius 2 is 1.96 bits per heavy atom. The van der Waals surface area contributed by atoms with Gasteiger partial charge in [0, 0.05) is 12.3 Å². The first-order valence-electron chi connectivity index (χ1n) is 8.20. The van der Waals surface area contributed by atoms with Crippen molar-refractivity contribution in [3.8, 4) is 10.8 Å². The summed E-state index contributed by atoms with van der Waals surface area (Å²) in [5, 5.41) is 3.24. The van der Waals surface area contributed by atoms with Crippen LogP contribution >= 0.6 is 22.9 Å². The van der Waals surface area contributed by atoms with Crippen LogP contribution in [-0.4, -0.2) is 9.54 Å². The highest BCUT2D eigenvalue weighted by Crippen LogP contribution is 2.39. The molecule has 2 aromatic carbocycles. The molecule has 1 atom stereocenters. The zero-order chi connectivity index (χ0) is 18.6. The van der Waals surface area contributed by atoms with E-state index in [4.69, 9.17) is 16.3 Å². The molecule has 1 N–H and O–H groups in total. The highest BCUT2D eigenvalue weighted by atomic mass is 35.5. The van der Waals surface area contributed by atoms with Crippen molar-refractivity contribution in [2.75, 3.05) is 0 Å². The Hall–Kier alpha value is -2.09. The Kier molecular flexibility index (Phi) is 5.61. The second kappa shape index (κ2) is 8.29. The number of benzene rings is 2. The van der Waals surface area contributed by atoms with Crippen molar-refractivity contribution in [2.45, 2.75) is 10.8 Å². The number of hydrogen-bond acceptors (Lipinski definition) is 5. The number of fused-ring (bicyclic) bond motifs is 1. The summed E-state index contributed by atoms with van der Waals surface area (Å²) in [5.41, 5.74) is 1.09. The second-order valence-corrected chi connectivity index (χ2v) is 8.67. The van der Waals surface area contributed by atoms with E-state index in [0.29, 0.717) is 26.6 Å². The minimum absolute atomic E-state index is 0.430. The second-order valence-electron chi connectivity index (χ2n) is 5.72. The third-order valence-electron chi connectivity index (χ3n) is 3.93. The molecule has 0 bridgehead atoms. The number of aromatic nitrogens is 1. The van der Waals surface area contributed by atoms with Crippen molar-refractivity contribution < 1.29 is 9.29 Å². The Labute approximate surface area is 169 Å². The van der Waals surface area contributed by atoms with E-state index in [1.165, 1.54) is 11.3 Å². The molecule has 0 aliphatic rings. The SMILES string of the molecule is [O-][S+](NCc1cccc2ccccc12)c1cc(Cl)c(Oc2cccnc2)s1. The number of nitrogens with zero attached hydrogens (tertiary/aromatic N) is 1. The van der Waals surface area contributed by atoms with Gasteiger partial charge in [-0.1, -0.05) is 54.1 Å². The van der Waals surface area contributed by atoms with E-state index >= 15 is 0 Å². The van der Waals surface area contributed by atoms with E-state index in [0.717, 1.165) is 16.3 Å². The van der Waals surface area contributed by atoms with Gasteiger partial charge in [0.2, 0.25) is 9.27 Å². The molecule has 136 valence electrons. The van der Waals surface area contributed by atoms with Gasteiger partial charge < -0.3 is 9.29 Å². The molecule has 0 aliphatic heterocycles. The monoisotopic (exact) mass is 414 g/mol. The summed E-state index contributed by atoms with van der Waals surface area (Å²) in [6, 6.07) is 19.5. The fourth-order valence-corrected chi connectivity index (χ4v) is 5.08. The first-order valence-corrected chi connectivity index (χ1v) is 10.5. The summed E-state index contributed by atoms with van der Waals surface area (Å²) in [4.78, 5) is 4.00. The van der Waals surface area contributed by atoms with Gasteiger partial charge in [0.1, 0.15) is 5.75 Å². The summed E-state index contributed by atoms with van der Waals surface area (Å²) in [6.07, 6.45) is 3.27. The Morgan fingerprint density at radius 3 is 2.81 bits per heavy atom. The van der Waals surface area contributed by atoms with E-state index in [2.05, 4.69) is 27.9 Å². The van der Waals surface area contributed by atoms with Crippen LogP contribution in [0.25, 0.3) is 10.8 Å². The Morgan fingerprint density at radius 1 is 1.11 bits per heavy atom. The normalized spacial score (nSPS) is 12.2. The molecule has 1 unspecified atom stereocenters. The first kappa shape index (κ1) is 18.3. The highest BCUT2D eigenvalue weighted by molar-refractivity contribution is 7.91. The fraction of sp³-hybridized carbons (Fsp3) is 0.0500. The van der Waals surface area contributed by atoms with Gasteiger partial charge in [-0.05, 0) is 39.8 Å². The van der Waals surface area contributed by atoms with Crippen LogP contribution in [0, 0.1) is 0 Å². The first-order chi connectivity index (χ1) is 13.2. The maximum atomic E-state index is 12.7. The molecule has 4 rings (SSSR count). The lowest BCUT2D eigenvalue weighted by Gasteiger charge is -2.10. The Balaban J connectivity index is 1.47. The highest BCUT2D eigenvalue weighted by Gasteiger charge is 2.20. The van der Waals surface area contributed by atoms with E-state index in [-0.39, 0.29) is 0 Å².